The fraction of sp³-hybridized carbons (Fsp3) is 0. The number of H-pyrrole nitrogens is 1. The van der Waals surface area contributed by atoms with Crippen LogP contribution in [0, 0.1) is 0 Å². The molecule has 0 amide bonds. The van der Waals surface area contributed by atoms with Crippen LogP contribution in [0.4, 0.5) is 11.4 Å². The van der Waals surface area contributed by atoms with Gasteiger partial charge in [0.15, 0.2) is 10.8 Å². The molecule has 1 aromatic heterocycles. The molecule has 20 heavy (non-hydrogen) atoms. The summed E-state index contributed by atoms with van der Waals surface area (Å²) in [6, 6.07) is 19.2. The highest BCUT2D eigenvalue weighted by molar-refractivity contribution is 6.32. The highest BCUT2D eigenvalue weighted by Gasteiger charge is 2.12. The van der Waals surface area contributed by atoms with Crippen molar-refractivity contribution >= 4 is 23.0 Å². The fourth-order valence-electron chi connectivity index (χ4n) is 1.81. The van der Waals surface area contributed by atoms with Crippen LogP contribution in [0.15, 0.2) is 70.9 Å². The van der Waals surface area contributed by atoms with E-state index in [0.29, 0.717) is 16.5 Å². The van der Waals surface area contributed by atoms with E-state index in [1.165, 1.54) is 0 Å². The highest BCUT2D eigenvalue weighted by atomic mass is 35.5. The number of nitrogens with zero attached hydrogens (tertiary/aromatic N) is 3. The van der Waals surface area contributed by atoms with Gasteiger partial charge in [0.1, 0.15) is 5.69 Å². The summed E-state index contributed by atoms with van der Waals surface area (Å²) in [5.74, 6) is 0. The van der Waals surface area contributed by atoms with E-state index < -0.39 is 0 Å². The number of rotatable bonds is 3. The lowest BCUT2D eigenvalue weighted by atomic mass is 10.1. The summed E-state index contributed by atoms with van der Waals surface area (Å²) < 4.78 is 0. The van der Waals surface area contributed by atoms with Gasteiger partial charge in [-0.1, -0.05) is 60.1 Å². The Morgan fingerprint density at radius 2 is 1.50 bits per heavy atom. The Bertz CT molecular complexity index is 720. The predicted octanol–water partition coefficient (Wildman–Crippen LogP) is 5.15. The summed E-state index contributed by atoms with van der Waals surface area (Å²) in [4.78, 5) is 0. The first kappa shape index (κ1) is 12.6. The molecule has 3 rings (SSSR count). The van der Waals surface area contributed by atoms with Crippen molar-refractivity contribution in [3.05, 3.63) is 65.8 Å². The van der Waals surface area contributed by atoms with Gasteiger partial charge < -0.3 is 0 Å². The first-order valence-electron chi connectivity index (χ1n) is 6.10. The van der Waals surface area contributed by atoms with Gasteiger partial charge in [0.25, 0.3) is 0 Å². The standard InChI is InChI=1S/C15H11ClN4/c16-15-14(19-17-12-9-5-2-6-10-12)13(18-20-15)11-7-3-1-4-8-11/h1-10H,(H,18,20). The van der Waals surface area contributed by atoms with Crippen molar-refractivity contribution in [2.24, 2.45) is 10.2 Å². The SMILES string of the molecule is Clc1[nH]nc(-c2ccccc2)c1N=Nc1ccccc1. The average Bonchev–Trinajstić information content (AvgIpc) is 2.88. The summed E-state index contributed by atoms with van der Waals surface area (Å²) >= 11 is 6.09. The Balaban J connectivity index is 1.98. The van der Waals surface area contributed by atoms with Crippen molar-refractivity contribution in [2.45, 2.75) is 0 Å². The molecular weight excluding hydrogens is 272 g/mol. The van der Waals surface area contributed by atoms with Gasteiger partial charge in [-0.05, 0) is 12.1 Å². The Kier molecular flexibility index (Phi) is 3.56. The molecule has 0 aliphatic carbocycles. The largest absolute Gasteiger partial charge is 0.265 e. The number of aromatic amines is 1. The normalized spacial score (nSPS) is 11.1. The van der Waals surface area contributed by atoms with Gasteiger partial charge in [-0.2, -0.15) is 10.2 Å². The molecule has 4 nitrogen and oxygen atoms in total. The van der Waals surface area contributed by atoms with Crippen LogP contribution in [-0.4, -0.2) is 10.2 Å². The van der Waals surface area contributed by atoms with Gasteiger partial charge in [-0.15, -0.1) is 5.11 Å². The number of halogens is 1. The molecule has 1 heterocycles. The predicted molar refractivity (Wildman–Crippen MR) is 79.7 cm³/mol. The third kappa shape index (κ3) is 2.60. The molecule has 0 saturated heterocycles. The number of azo groups is 1. The molecule has 5 heteroatoms. The van der Waals surface area contributed by atoms with Crippen molar-refractivity contribution in [1.29, 1.82) is 0 Å². The maximum absolute atomic E-state index is 6.09. The van der Waals surface area contributed by atoms with Crippen molar-refractivity contribution in [1.82, 2.24) is 10.2 Å². The minimum Gasteiger partial charge on any atom is -0.265 e. The van der Waals surface area contributed by atoms with Crippen LogP contribution in [0.5, 0.6) is 0 Å². The number of hydrogen-bond acceptors (Lipinski definition) is 3. The zero-order chi connectivity index (χ0) is 13.8. The van der Waals surface area contributed by atoms with Crippen LogP contribution in [0.1, 0.15) is 0 Å². The van der Waals surface area contributed by atoms with Crippen LogP contribution in [0.2, 0.25) is 5.15 Å². The molecule has 0 radical (unpaired) electrons. The molecule has 0 bridgehead atoms. The summed E-state index contributed by atoms with van der Waals surface area (Å²) in [5, 5.41) is 15.7. The summed E-state index contributed by atoms with van der Waals surface area (Å²) in [6.07, 6.45) is 0. The molecular formula is C15H11ClN4. The van der Waals surface area contributed by atoms with Gasteiger partial charge in [0.2, 0.25) is 0 Å². The van der Waals surface area contributed by atoms with Gasteiger partial charge in [0, 0.05) is 5.56 Å². The Hall–Kier alpha value is -2.46. The van der Waals surface area contributed by atoms with Crippen molar-refractivity contribution in [3.63, 3.8) is 0 Å². The first-order chi connectivity index (χ1) is 9.84. The highest BCUT2D eigenvalue weighted by Crippen LogP contribution is 2.35. The minimum absolute atomic E-state index is 0.378. The van der Waals surface area contributed by atoms with E-state index in [1.807, 2.05) is 60.7 Å². The van der Waals surface area contributed by atoms with Crippen LogP contribution in [0.25, 0.3) is 11.3 Å². The van der Waals surface area contributed by atoms with Crippen LogP contribution >= 0.6 is 11.6 Å². The van der Waals surface area contributed by atoms with E-state index in [9.17, 15) is 0 Å². The van der Waals surface area contributed by atoms with Crippen molar-refractivity contribution < 1.29 is 0 Å². The van der Waals surface area contributed by atoms with E-state index in [0.717, 1.165) is 11.3 Å². The third-order valence-electron chi connectivity index (χ3n) is 2.77. The van der Waals surface area contributed by atoms with Crippen LogP contribution in [-0.2, 0) is 0 Å². The first-order valence-corrected chi connectivity index (χ1v) is 6.48. The summed E-state index contributed by atoms with van der Waals surface area (Å²) in [5.41, 5.74) is 2.94. The molecule has 0 aliphatic heterocycles. The molecule has 0 aliphatic rings. The topological polar surface area (TPSA) is 53.4 Å². The zero-order valence-electron chi connectivity index (χ0n) is 10.5. The zero-order valence-corrected chi connectivity index (χ0v) is 11.2. The molecule has 0 atom stereocenters. The molecule has 1 N–H and O–H groups in total. The second-order valence-corrected chi connectivity index (χ2v) is 4.51. The van der Waals surface area contributed by atoms with E-state index >= 15 is 0 Å². The van der Waals surface area contributed by atoms with Gasteiger partial charge in [-0.3, -0.25) is 5.10 Å². The number of aromatic nitrogens is 2. The lowest BCUT2D eigenvalue weighted by Crippen LogP contribution is -1.77. The van der Waals surface area contributed by atoms with E-state index in [-0.39, 0.29) is 0 Å². The molecule has 0 unspecified atom stereocenters. The van der Waals surface area contributed by atoms with Gasteiger partial charge in [-0.25, -0.2) is 0 Å². The van der Waals surface area contributed by atoms with Crippen LogP contribution < -0.4 is 0 Å². The fourth-order valence-corrected chi connectivity index (χ4v) is 1.98. The summed E-state index contributed by atoms with van der Waals surface area (Å²) in [7, 11) is 0. The number of benzene rings is 2. The van der Waals surface area contributed by atoms with E-state index in [4.69, 9.17) is 11.6 Å². The quantitative estimate of drug-likeness (QED) is 0.664. The van der Waals surface area contributed by atoms with Crippen molar-refractivity contribution in [3.8, 4) is 11.3 Å². The maximum Gasteiger partial charge on any atom is 0.152 e. The van der Waals surface area contributed by atoms with Crippen molar-refractivity contribution in [2.75, 3.05) is 0 Å². The molecule has 2 aromatic carbocycles. The second kappa shape index (κ2) is 5.67. The molecule has 3 aromatic rings. The average molecular weight is 283 g/mol. The number of hydrogen-bond donors (Lipinski definition) is 1. The van der Waals surface area contributed by atoms with Crippen LogP contribution in [0.3, 0.4) is 0 Å². The van der Waals surface area contributed by atoms with Gasteiger partial charge >= 0.3 is 0 Å². The Labute approximate surface area is 121 Å². The second-order valence-electron chi connectivity index (χ2n) is 4.14. The molecule has 98 valence electrons. The lowest BCUT2D eigenvalue weighted by Gasteiger charge is -1.97. The Morgan fingerprint density at radius 3 is 2.20 bits per heavy atom. The maximum atomic E-state index is 6.09. The number of nitrogens with one attached hydrogen (secondary N) is 1. The third-order valence-corrected chi connectivity index (χ3v) is 3.03. The Morgan fingerprint density at radius 1 is 0.850 bits per heavy atom. The van der Waals surface area contributed by atoms with Gasteiger partial charge in [0.05, 0.1) is 5.69 Å². The molecule has 0 spiro atoms. The smallest absolute Gasteiger partial charge is 0.152 e. The monoisotopic (exact) mass is 282 g/mol. The van der Waals surface area contributed by atoms with E-state index in [1.54, 1.807) is 0 Å². The lowest BCUT2D eigenvalue weighted by molar-refractivity contribution is 1.10. The summed E-state index contributed by atoms with van der Waals surface area (Å²) in [6.45, 7) is 0. The molecule has 0 fully saturated rings. The molecule has 0 saturated carbocycles. The minimum atomic E-state index is 0.378. The van der Waals surface area contributed by atoms with E-state index in [2.05, 4.69) is 20.4 Å².